The molecule has 4 nitrogen and oxygen atoms in total. The average Bonchev–Trinajstić information content (AvgIpc) is 2.46. The maximum absolute atomic E-state index is 12.5. The van der Waals surface area contributed by atoms with Gasteiger partial charge < -0.3 is 10.6 Å². The highest BCUT2D eigenvalue weighted by atomic mass is 16.2. The summed E-state index contributed by atoms with van der Waals surface area (Å²) in [5.41, 5.74) is 6.78. The van der Waals surface area contributed by atoms with Crippen molar-refractivity contribution < 1.29 is 4.79 Å². The Morgan fingerprint density at radius 1 is 1.37 bits per heavy atom. The van der Waals surface area contributed by atoms with Crippen LogP contribution in [0.25, 0.3) is 0 Å². The van der Waals surface area contributed by atoms with Gasteiger partial charge in [-0.1, -0.05) is 25.3 Å². The van der Waals surface area contributed by atoms with Crippen molar-refractivity contribution in [1.29, 1.82) is 5.26 Å². The van der Waals surface area contributed by atoms with E-state index in [4.69, 9.17) is 11.0 Å². The Hall–Kier alpha value is -1.86. The van der Waals surface area contributed by atoms with E-state index in [0.717, 1.165) is 37.8 Å². The molecule has 1 fully saturated rings. The highest BCUT2D eigenvalue weighted by Gasteiger charge is 2.37. The second-order valence-corrected chi connectivity index (χ2v) is 5.24. The van der Waals surface area contributed by atoms with Crippen molar-refractivity contribution in [2.45, 2.75) is 37.6 Å². The van der Waals surface area contributed by atoms with E-state index in [0.29, 0.717) is 5.56 Å². The highest BCUT2D eigenvalue weighted by molar-refractivity contribution is 5.99. The van der Waals surface area contributed by atoms with Crippen molar-refractivity contribution in [2.24, 2.45) is 5.73 Å². The molecule has 1 aromatic rings. The Morgan fingerprint density at radius 2 is 2.05 bits per heavy atom. The lowest BCUT2D eigenvalue weighted by Gasteiger charge is -2.35. The fourth-order valence-electron chi connectivity index (χ4n) is 2.63. The van der Waals surface area contributed by atoms with Gasteiger partial charge in [0.25, 0.3) is 0 Å². The van der Waals surface area contributed by atoms with Gasteiger partial charge in [-0.05, 0) is 31.0 Å². The molecule has 0 heterocycles. The summed E-state index contributed by atoms with van der Waals surface area (Å²) < 4.78 is 0. The van der Waals surface area contributed by atoms with Crippen LogP contribution >= 0.6 is 0 Å². The molecule has 0 bridgehead atoms. The Balaban J connectivity index is 2.20. The molecule has 4 heteroatoms. The topological polar surface area (TPSA) is 70.1 Å². The van der Waals surface area contributed by atoms with Crippen LogP contribution in [0.5, 0.6) is 0 Å². The summed E-state index contributed by atoms with van der Waals surface area (Å²) in [7, 11) is 1.72. The van der Waals surface area contributed by atoms with Gasteiger partial charge in [-0.25, -0.2) is 0 Å². The molecular formula is C15H19N3O. The number of benzene rings is 1. The van der Waals surface area contributed by atoms with E-state index in [2.05, 4.69) is 6.07 Å². The fraction of sp³-hybridized carbons (Fsp3) is 0.467. The first-order chi connectivity index (χ1) is 9.07. The summed E-state index contributed by atoms with van der Waals surface area (Å²) in [6.45, 7) is 0. The Morgan fingerprint density at radius 3 is 2.68 bits per heavy atom. The molecule has 1 aliphatic carbocycles. The number of nitrogens with zero attached hydrogens (tertiary/aromatic N) is 2. The zero-order valence-electron chi connectivity index (χ0n) is 11.2. The summed E-state index contributed by atoms with van der Waals surface area (Å²) in [5.74, 6) is -0.0534. The van der Waals surface area contributed by atoms with Gasteiger partial charge in [-0.15, -0.1) is 0 Å². The Bertz CT molecular complexity index is 512. The molecular weight excluding hydrogens is 238 g/mol. The van der Waals surface area contributed by atoms with E-state index in [1.54, 1.807) is 30.1 Å². The van der Waals surface area contributed by atoms with E-state index in [1.165, 1.54) is 0 Å². The first kappa shape index (κ1) is 13.6. The number of nitriles is 1. The van der Waals surface area contributed by atoms with Crippen LogP contribution in [0.4, 0.5) is 5.69 Å². The number of rotatable bonds is 2. The summed E-state index contributed by atoms with van der Waals surface area (Å²) >= 11 is 0. The standard InChI is InChI=1S/C15H19N3O/c1-18(13-7-5-6-12(10-13)11-16)14(19)15(17)8-3-2-4-9-15/h5-7,10H,2-4,8-9,17H2,1H3. The molecule has 0 saturated heterocycles. The molecule has 0 atom stereocenters. The van der Waals surface area contributed by atoms with Crippen molar-refractivity contribution in [3.63, 3.8) is 0 Å². The molecule has 2 rings (SSSR count). The zero-order valence-corrected chi connectivity index (χ0v) is 11.2. The van der Waals surface area contributed by atoms with Crippen LogP contribution in [0.1, 0.15) is 37.7 Å². The molecule has 0 spiro atoms. The van der Waals surface area contributed by atoms with Crippen LogP contribution in [-0.4, -0.2) is 18.5 Å². The largest absolute Gasteiger partial charge is 0.317 e. The number of amides is 1. The van der Waals surface area contributed by atoms with E-state index in [1.807, 2.05) is 6.07 Å². The predicted molar refractivity (Wildman–Crippen MR) is 74.6 cm³/mol. The maximum Gasteiger partial charge on any atom is 0.246 e. The van der Waals surface area contributed by atoms with Crippen LogP contribution < -0.4 is 10.6 Å². The smallest absolute Gasteiger partial charge is 0.246 e. The second-order valence-electron chi connectivity index (χ2n) is 5.24. The van der Waals surface area contributed by atoms with Crippen molar-refractivity contribution in [2.75, 3.05) is 11.9 Å². The van der Waals surface area contributed by atoms with Crippen LogP contribution in [0.3, 0.4) is 0 Å². The zero-order chi connectivity index (χ0) is 13.9. The third kappa shape index (κ3) is 2.77. The van der Waals surface area contributed by atoms with E-state index >= 15 is 0 Å². The van der Waals surface area contributed by atoms with Gasteiger partial charge in [-0.2, -0.15) is 5.26 Å². The molecule has 0 aromatic heterocycles. The molecule has 0 unspecified atom stereocenters. The SMILES string of the molecule is CN(C(=O)C1(N)CCCCC1)c1cccc(C#N)c1. The average molecular weight is 257 g/mol. The number of hydrogen-bond acceptors (Lipinski definition) is 3. The fourth-order valence-corrected chi connectivity index (χ4v) is 2.63. The van der Waals surface area contributed by atoms with Gasteiger partial charge in [-0.3, -0.25) is 4.79 Å². The minimum Gasteiger partial charge on any atom is -0.317 e. The molecule has 1 saturated carbocycles. The summed E-state index contributed by atoms with van der Waals surface area (Å²) in [5, 5.41) is 8.90. The van der Waals surface area contributed by atoms with Crippen LogP contribution in [0.15, 0.2) is 24.3 Å². The monoisotopic (exact) mass is 257 g/mol. The first-order valence-corrected chi connectivity index (χ1v) is 6.64. The van der Waals surface area contributed by atoms with Crippen molar-refractivity contribution in [3.8, 4) is 6.07 Å². The van der Waals surface area contributed by atoms with Crippen molar-refractivity contribution in [1.82, 2.24) is 0 Å². The van der Waals surface area contributed by atoms with Crippen LogP contribution in [0, 0.1) is 11.3 Å². The second kappa shape index (κ2) is 5.41. The number of carbonyl (C=O) groups excluding carboxylic acids is 1. The lowest BCUT2D eigenvalue weighted by Crippen LogP contribution is -2.55. The molecule has 0 radical (unpaired) electrons. The molecule has 100 valence electrons. The van der Waals surface area contributed by atoms with E-state index in [-0.39, 0.29) is 5.91 Å². The van der Waals surface area contributed by atoms with E-state index in [9.17, 15) is 4.79 Å². The van der Waals surface area contributed by atoms with E-state index < -0.39 is 5.54 Å². The molecule has 1 aliphatic rings. The maximum atomic E-state index is 12.5. The molecule has 19 heavy (non-hydrogen) atoms. The van der Waals surface area contributed by atoms with Gasteiger partial charge >= 0.3 is 0 Å². The number of carbonyl (C=O) groups is 1. The van der Waals surface area contributed by atoms with Gasteiger partial charge in [0.2, 0.25) is 5.91 Å². The van der Waals surface area contributed by atoms with Gasteiger partial charge in [0.15, 0.2) is 0 Å². The number of anilines is 1. The third-order valence-corrected chi connectivity index (χ3v) is 3.84. The summed E-state index contributed by atoms with van der Waals surface area (Å²) in [4.78, 5) is 14.1. The quantitative estimate of drug-likeness (QED) is 0.882. The Kier molecular flexibility index (Phi) is 3.87. The number of nitrogens with two attached hydrogens (primary N) is 1. The first-order valence-electron chi connectivity index (χ1n) is 6.64. The van der Waals surface area contributed by atoms with Crippen LogP contribution in [0.2, 0.25) is 0 Å². The minimum absolute atomic E-state index is 0.0534. The lowest BCUT2D eigenvalue weighted by atomic mass is 9.81. The Labute approximate surface area is 113 Å². The lowest BCUT2D eigenvalue weighted by molar-refractivity contribution is -0.124. The summed E-state index contributed by atoms with van der Waals surface area (Å²) in [6, 6.07) is 9.12. The molecule has 1 aromatic carbocycles. The molecule has 0 aliphatic heterocycles. The van der Waals surface area contributed by atoms with Gasteiger partial charge in [0.1, 0.15) is 0 Å². The molecule has 1 amide bonds. The van der Waals surface area contributed by atoms with Crippen LogP contribution in [-0.2, 0) is 4.79 Å². The predicted octanol–water partition coefficient (Wildman–Crippen LogP) is 2.18. The molecule has 2 N–H and O–H groups in total. The van der Waals surface area contributed by atoms with Gasteiger partial charge in [0, 0.05) is 12.7 Å². The highest BCUT2D eigenvalue weighted by Crippen LogP contribution is 2.29. The third-order valence-electron chi connectivity index (χ3n) is 3.84. The number of hydrogen-bond donors (Lipinski definition) is 1. The minimum atomic E-state index is -0.740. The normalized spacial score (nSPS) is 17.5. The summed E-state index contributed by atoms with van der Waals surface area (Å²) in [6.07, 6.45) is 4.66. The van der Waals surface area contributed by atoms with Crippen molar-refractivity contribution >= 4 is 11.6 Å². The van der Waals surface area contributed by atoms with Crippen molar-refractivity contribution in [3.05, 3.63) is 29.8 Å². The number of likely N-dealkylation sites (N-methyl/N-ethyl adjacent to an activating group) is 1. The van der Waals surface area contributed by atoms with Gasteiger partial charge in [0.05, 0.1) is 17.2 Å².